The lowest BCUT2D eigenvalue weighted by Crippen LogP contribution is -2.05. The summed E-state index contributed by atoms with van der Waals surface area (Å²) in [4.78, 5) is 5.06. The predicted molar refractivity (Wildman–Crippen MR) is 303 cm³/mol. The molecule has 0 amide bonds. The predicted octanol–water partition coefficient (Wildman–Crippen LogP) is 14.5. The Morgan fingerprint density at radius 2 is 0.575 bits per heavy atom. The molecule has 0 spiro atoms. The highest BCUT2D eigenvalue weighted by atomic mass is 15.0. The van der Waals surface area contributed by atoms with E-state index in [2.05, 4.69) is 63.8 Å². The minimum Gasteiger partial charge on any atom is -0.307 e. The van der Waals surface area contributed by atoms with Crippen molar-refractivity contribution < 1.29 is 0 Å². The van der Waals surface area contributed by atoms with Crippen molar-refractivity contribution in [2.24, 2.45) is 0 Å². The number of pyridine rings is 1. The zero-order valence-corrected chi connectivity index (χ0v) is 41.7. The maximum Gasteiger partial charge on any atom is 0.0998 e. The second-order valence-electron chi connectivity index (χ2n) is 18.8. The monoisotopic (exact) mass is 1010 g/mol. The van der Waals surface area contributed by atoms with Crippen molar-refractivity contribution in [1.82, 2.24) is 14.1 Å². The zero-order valence-electron chi connectivity index (χ0n) is 41.7. The van der Waals surface area contributed by atoms with Gasteiger partial charge < -0.3 is 9.13 Å². The molecular formula is C68H30N12. The Kier molecular flexibility index (Phi) is 11.7. The second kappa shape index (κ2) is 19.4. The van der Waals surface area contributed by atoms with Crippen LogP contribution in [0.25, 0.3) is 111 Å². The summed E-state index contributed by atoms with van der Waals surface area (Å²) in [6, 6.07) is 71.0. The van der Waals surface area contributed by atoms with Gasteiger partial charge in [-0.3, -0.25) is 4.98 Å². The lowest BCUT2D eigenvalue weighted by molar-refractivity contribution is 1.09. The van der Waals surface area contributed by atoms with E-state index < -0.39 is 0 Å². The van der Waals surface area contributed by atoms with Gasteiger partial charge in [-0.1, -0.05) is 84.9 Å². The first-order chi connectivity index (χ1) is 39.2. The first-order valence-corrected chi connectivity index (χ1v) is 24.7. The molecule has 0 fully saturated rings. The zero-order chi connectivity index (χ0) is 55.2. The van der Waals surface area contributed by atoms with Gasteiger partial charge in [0.1, 0.15) is 0 Å². The van der Waals surface area contributed by atoms with Crippen molar-refractivity contribution in [3.05, 3.63) is 232 Å². The number of nitrogens with zero attached hydrogens (tertiary/aromatic N) is 12. The molecular weight excluding hydrogens is 985 g/mol. The third-order valence-corrected chi connectivity index (χ3v) is 14.5. The van der Waals surface area contributed by atoms with Gasteiger partial charge in [0, 0.05) is 27.1 Å². The van der Waals surface area contributed by atoms with Gasteiger partial charge in [0.15, 0.2) is 0 Å². The van der Waals surface area contributed by atoms with Crippen LogP contribution in [0.5, 0.6) is 0 Å². The molecule has 0 bridgehead atoms. The Morgan fingerprint density at radius 3 is 0.863 bits per heavy atom. The quantitative estimate of drug-likeness (QED) is 0.146. The highest BCUT2D eigenvalue weighted by Crippen LogP contribution is 2.45. The molecule has 12 rings (SSSR count). The molecule has 9 aromatic carbocycles. The van der Waals surface area contributed by atoms with Crippen molar-refractivity contribution >= 4 is 43.6 Å². The Balaban J connectivity index is 1.24. The second-order valence-corrected chi connectivity index (χ2v) is 18.8. The Labute approximate surface area is 456 Å². The van der Waals surface area contributed by atoms with Crippen molar-refractivity contribution in [3.63, 3.8) is 0 Å². The van der Waals surface area contributed by atoms with E-state index in [0.717, 1.165) is 21.5 Å². The molecule has 0 atom stereocenters. The molecule has 12 nitrogen and oxygen atoms in total. The van der Waals surface area contributed by atoms with E-state index in [1.165, 1.54) is 0 Å². The van der Waals surface area contributed by atoms with E-state index in [1.54, 1.807) is 91.3 Å². The maximum absolute atomic E-state index is 10.5. The third-order valence-electron chi connectivity index (χ3n) is 14.5. The number of nitriles is 9. The van der Waals surface area contributed by atoms with Gasteiger partial charge >= 0.3 is 0 Å². The van der Waals surface area contributed by atoms with Crippen molar-refractivity contribution in [2.45, 2.75) is 0 Å². The summed E-state index contributed by atoms with van der Waals surface area (Å²) in [5, 5.41) is 94.6. The molecule has 12 heteroatoms. The van der Waals surface area contributed by atoms with Gasteiger partial charge in [-0.15, -0.1) is 0 Å². The van der Waals surface area contributed by atoms with Crippen molar-refractivity contribution in [2.75, 3.05) is 0 Å². The number of hydrogen-bond donors (Lipinski definition) is 0. The molecule has 0 aliphatic heterocycles. The van der Waals surface area contributed by atoms with Crippen LogP contribution < -0.4 is 0 Å². The highest BCUT2D eigenvalue weighted by Gasteiger charge is 2.25. The number of benzene rings is 9. The average molecular weight is 1020 g/mol. The number of hydrogen-bond acceptors (Lipinski definition) is 10. The van der Waals surface area contributed by atoms with E-state index in [0.29, 0.717) is 139 Å². The summed E-state index contributed by atoms with van der Waals surface area (Å²) in [5.74, 6) is 0. The smallest absolute Gasteiger partial charge is 0.0998 e. The fourth-order valence-electron chi connectivity index (χ4n) is 10.9. The van der Waals surface area contributed by atoms with E-state index in [4.69, 9.17) is 4.98 Å². The summed E-state index contributed by atoms with van der Waals surface area (Å²) < 4.78 is 4.18. The van der Waals surface area contributed by atoms with E-state index in [1.807, 2.05) is 91.0 Å². The van der Waals surface area contributed by atoms with Crippen LogP contribution in [0.15, 0.2) is 182 Å². The van der Waals surface area contributed by atoms with Gasteiger partial charge in [-0.05, 0) is 135 Å². The normalized spacial score (nSPS) is 10.6. The summed E-state index contributed by atoms with van der Waals surface area (Å²) in [6.07, 6.45) is 3.52. The molecule has 362 valence electrons. The minimum atomic E-state index is 0.312. The lowest BCUT2D eigenvalue weighted by Gasteiger charge is -2.20. The lowest BCUT2D eigenvalue weighted by atomic mass is 9.96. The number of fused-ring (bicyclic) bond motifs is 6. The van der Waals surface area contributed by atoms with Gasteiger partial charge in [-0.2, -0.15) is 47.4 Å². The molecule has 3 aromatic heterocycles. The summed E-state index contributed by atoms with van der Waals surface area (Å²) in [6.45, 7) is 0. The SMILES string of the molecule is N#Cc1cccc(-c2c(-n3c4cc(-c5ccc(C#N)cc5C#N)ccc4c4ccc(-c5ccc(C#N)cc5C#N)cc43)cncc2-n2c3cc(-c4ccc(C#N)cc4C#N)ccc3c3ccc(-c4ccc(C#N)cc4C#N)cc32)c1. The topological polar surface area (TPSA) is 237 Å². The molecule has 0 radical (unpaired) electrons. The van der Waals surface area contributed by atoms with Crippen LogP contribution in [0.3, 0.4) is 0 Å². The molecule has 12 aromatic rings. The van der Waals surface area contributed by atoms with Gasteiger partial charge in [0.05, 0.1) is 151 Å². The molecule has 0 saturated heterocycles. The van der Waals surface area contributed by atoms with Crippen LogP contribution in [0.2, 0.25) is 0 Å². The van der Waals surface area contributed by atoms with Crippen molar-refractivity contribution in [1.29, 1.82) is 47.4 Å². The standard InChI is InChI=1S/C68H30N12/c69-29-40-2-1-3-49(20-40)68-66(79-62-25-45(54-12-4-41(30-70)21-50(54)34-74)8-16-58(62)59-17-9-46(26-63(59)79)55-13-5-42(31-71)22-51(55)35-75)38-78-39-67(68)80-64-27-47(56-14-6-43(32-72)23-52(56)36-76)10-18-60(64)61-19-11-48(28-65(61)80)57-15-7-44(33-73)24-53(57)37-77/h1-28,38-39H. The molecule has 3 heterocycles. The van der Waals surface area contributed by atoms with Crippen LogP contribution in [0.1, 0.15) is 50.1 Å². The summed E-state index contributed by atoms with van der Waals surface area (Å²) in [7, 11) is 0. The van der Waals surface area contributed by atoms with Crippen molar-refractivity contribution in [3.8, 4) is 122 Å². The highest BCUT2D eigenvalue weighted by molar-refractivity contribution is 6.14. The fraction of sp³-hybridized carbons (Fsp3) is 0. The molecule has 0 aliphatic rings. The maximum atomic E-state index is 10.5. The van der Waals surface area contributed by atoms with Gasteiger partial charge in [0.2, 0.25) is 0 Å². The molecule has 0 N–H and O–H groups in total. The summed E-state index contributed by atoms with van der Waals surface area (Å²) in [5.41, 5.74) is 13.5. The van der Waals surface area contributed by atoms with Crippen LogP contribution in [-0.2, 0) is 0 Å². The fourth-order valence-corrected chi connectivity index (χ4v) is 10.9. The Bertz CT molecular complexity index is 4590. The third kappa shape index (κ3) is 7.82. The van der Waals surface area contributed by atoms with E-state index in [9.17, 15) is 47.4 Å². The molecule has 80 heavy (non-hydrogen) atoms. The first kappa shape index (κ1) is 48.1. The van der Waals surface area contributed by atoms with Crippen LogP contribution in [0.4, 0.5) is 0 Å². The first-order valence-electron chi connectivity index (χ1n) is 24.7. The average Bonchev–Trinajstić information content (AvgIpc) is 4.18. The van der Waals surface area contributed by atoms with Crippen LogP contribution in [-0.4, -0.2) is 14.1 Å². The largest absolute Gasteiger partial charge is 0.307 e. The van der Waals surface area contributed by atoms with Gasteiger partial charge in [-0.25, -0.2) is 0 Å². The Morgan fingerprint density at radius 1 is 0.275 bits per heavy atom. The number of rotatable bonds is 7. The van der Waals surface area contributed by atoms with Gasteiger partial charge in [0.25, 0.3) is 0 Å². The summed E-state index contributed by atoms with van der Waals surface area (Å²) >= 11 is 0. The minimum absolute atomic E-state index is 0.312. The number of aromatic nitrogens is 3. The van der Waals surface area contributed by atoms with Crippen LogP contribution in [0, 0.1) is 102 Å². The van der Waals surface area contributed by atoms with E-state index >= 15 is 0 Å². The van der Waals surface area contributed by atoms with E-state index in [-0.39, 0.29) is 0 Å². The molecule has 0 aliphatic carbocycles. The molecule has 0 unspecified atom stereocenters. The Hall–Kier alpha value is -12.9. The molecule has 0 saturated carbocycles. The van der Waals surface area contributed by atoms with Crippen LogP contribution >= 0.6 is 0 Å².